The maximum atomic E-state index is 5.69. The monoisotopic (exact) mass is 237 g/mol. The van der Waals surface area contributed by atoms with Gasteiger partial charge >= 0.3 is 0 Å². The Morgan fingerprint density at radius 2 is 2.56 bits per heavy atom. The molecule has 0 aliphatic carbocycles. The van der Waals surface area contributed by atoms with Crippen molar-refractivity contribution in [3.8, 4) is 0 Å². The average molecular weight is 237 g/mol. The number of aryl methyl sites for hydroxylation is 1. The number of hydrogen-bond donors (Lipinski definition) is 1. The highest BCUT2D eigenvalue weighted by molar-refractivity contribution is 7.08. The highest BCUT2D eigenvalue weighted by Crippen LogP contribution is 2.07. The maximum Gasteiger partial charge on any atom is 0.177 e. The summed E-state index contributed by atoms with van der Waals surface area (Å²) in [4.78, 5) is 5.05. The van der Waals surface area contributed by atoms with Crippen LogP contribution in [0.5, 0.6) is 0 Å². The van der Waals surface area contributed by atoms with Gasteiger partial charge in [0, 0.05) is 17.0 Å². The van der Waals surface area contributed by atoms with E-state index in [4.69, 9.17) is 15.1 Å². The lowest BCUT2D eigenvalue weighted by molar-refractivity contribution is 0.109. The van der Waals surface area contributed by atoms with E-state index in [1.54, 1.807) is 17.4 Å². The molecule has 0 saturated heterocycles. The van der Waals surface area contributed by atoms with Crippen LogP contribution in [0.15, 0.2) is 32.6 Å². The van der Waals surface area contributed by atoms with Crippen LogP contribution in [0, 0.1) is 6.92 Å². The SMILES string of the molecule is Cc1cc(CO/N=C(\N)c2ccsc2)on1. The summed E-state index contributed by atoms with van der Waals surface area (Å²) < 4.78 is 4.95. The summed E-state index contributed by atoms with van der Waals surface area (Å²) in [5, 5.41) is 11.3. The van der Waals surface area contributed by atoms with Gasteiger partial charge in [-0.25, -0.2) is 0 Å². The van der Waals surface area contributed by atoms with E-state index in [-0.39, 0.29) is 6.61 Å². The number of thiophene rings is 1. The fourth-order valence-corrected chi connectivity index (χ4v) is 1.76. The topological polar surface area (TPSA) is 73.6 Å². The van der Waals surface area contributed by atoms with Gasteiger partial charge in [-0.3, -0.25) is 0 Å². The number of nitrogens with two attached hydrogens (primary N) is 1. The van der Waals surface area contributed by atoms with Gasteiger partial charge in [0.05, 0.1) is 5.69 Å². The zero-order valence-electron chi connectivity index (χ0n) is 8.71. The Balaban J connectivity index is 1.90. The van der Waals surface area contributed by atoms with Crippen LogP contribution in [-0.4, -0.2) is 11.0 Å². The summed E-state index contributed by atoms with van der Waals surface area (Å²) in [5.41, 5.74) is 7.37. The molecule has 2 heterocycles. The van der Waals surface area contributed by atoms with Crippen LogP contribution in [0.2, 0.25) is 0 Å². The molecule has 0 aliphatic heterocycles. The number of aromatic nitrogens is 1. The summed E-state index contributed by atoms with van der Waals surface area (Å²) in [6, 6.07) is 3.67. The summed E-state index contributed by atoms with van der Waals surface area (Å²) in [5.74, 6) is 0.983. The maximum absolute atomic E-state index is 5.69. The first-order valence-corrected chi connectivity index (χ1v) is 5.60. The molecule has 16 heavy (non-hydrogen) atoms. The summed E-state index contributed by atoms with van der Waals surface area (Å²) in [6.45, 7) is 2.07. The second-order valence-corrected chi connectivity index (χ2v) is 3.98. The summed E-state index contributed by atoms with van der Waals surface area (Å²) >= 11 is 1.56. The van der Waals surface area contributed by atoms with Crippen molar-refractivity contribution in [2.45, 2.75) is 13.5 Å². The normalized spacial score (nSPS) is 11.7. The van der Waals surface area contributed by atoms with E-state index >= 15 is 0 Å². The molecular formula is C10H11N3O2S. The second-order valence-electron chi connectivity index (χ2n) is 3.20. The Morgan fingerprint density at radius 1 is 1.69 bits per heavy atom. The van der Waals surface area contributed by atoms with Gasteiger partial charge < -0.3 is 15.1 Å². The summed E-state index contributed by atoms with van der Waals surface area (Å²) in [6.07, 6.45) is 0. The van der Waals surface area contributed by atoms with Crippen molar-refractivity contribution >= 4 is 17.2 Å². The van der Waals surface area contributed by atoms with Crippen LogP contribution in [0.3, 0.4) is 0 Å². The Morgan fingerprint density at radius 3 is 3.19 bits per heavy atom. The molecule has 0 spiro atoms. The first kappa shape index (κ1) is 10.7. The number of nitrogens with zero attached hydrogens (tertiary/aromatic N) is 2. The molecule has 0 aliphatic rings. The van der Waals surface area contributed by atoms with E-state index in [1.165, 1.54) is 0 Å². The fraction of sp³-hybridized carbons (Fsp3) is 0.200. The Labute approximate surface area is 96.5 Å². The van der Waals surface area contributed by atoms with Crippen LogP contribution >= 0.6 is 11.3 Å². The van der Waals surface area contributed by atoms with Crippen molar-refractivity contribution in [2.24, 2.45) is 10.9 Å². The Bertz CT molecular complexity index is 476. The molecule has 0 amide bonds. The minimum atomic E-state index is 0.228. The highest BCUT2D eigenvalue weighted by Gasteiger charge is 2.02. The van der Waals surface area contributed by atoms with E-state index in [0.29, 0.717) is 11.6 Å². The van der Waals surface area contributed by atoms with Gasteiger partial charge in [0.25, 0.3) is 0 Å². The van der Waals surface area contributed by atoms with E-state index in [9.17, 15) is 0 Å². The van der Waals surface area contributed by atoms with Gasteiger partial charge in [0.2, 0.25) is 0 Å². The van der Waals surface area contributed by atoms with Gasteiger partial charge in [-0.15, -0.1) is 0 Å². The molecule has 0 unspecified atom stereocenters. The third-order valence-corrected chi connectivity index (χ3v) is 2.55. The van der Waals surface area contributed by atoms with E-state index in [0.717, 1.165) is 11.3 Å². The number of amidine groups is 1. The van der Waals surface area contributed by atoms with Crippen molar-refractivity contribution in [1.29, 1.82) is 0 Å². The minimum Gasteiger partial charge on any atom is -0.386 e. The molecule has 5 nitrogen and oxygen atoms in total. The quantitative estimate of drug-likeness (QED) is 0.500. The van der Waals surface area contributed by atoms with Crippen LogP contribution in [0.1, 0.15) is 17.0 Å². The molecule has 2 N–H and O–H groups in total. The predicted molar refractivity (Wildman–Crippen MR) is 61.1 cm³/mol. The van der Waals surface area contributed by atoms with Crippen LogP contribution < -0.4 is 5.73 Å². The third-order valence-electron chi connectivity index (χ3n) is 1.86. The molecule has 0 bridgehead atoms. The number of oxime groups is 1. The van der Waals surface area contributed by atoms with Crippen molar-refractivity contribution in [3.63, 3.8) is 0 Å². The van der Waals surface area contributed by atoms with E-state index < -0.39 is 0 Å². The second kappa shape index (κ2) is 4.80. The largest absolute Gasteiger partial charge is 0.386 e. The standard InChI is InChI=1S/C10H11N3O2S/c1-7-4-9(15-12-7)5-14-13-10(11)8-2-3-16-6-8/h2-4,6H,5H2,1H3,(H2,11,13). The molecule has 84 valence electrons. The van der Waals surface area contributed by atoms with Gasteiger partial charge in [-0.05, 0) is 18.4 Å². The van der Waals surface area contributed by atoms with Gasteiger partial charge in [0.1, 0.15) is 0 Å². The molecule has 2 rings (SSSR count). The molecule has 0 aromatic carbocycles. The number of hydrogen-bond acceptors (Lipinski definition) is 5. The third kappa shape index (κ3) is 2.60. The van der Waals surface area contributed by atoms with Crippen molar-refractivity contribution in [2.75, 3.05) is 0 Å². The van der Waals surface area contributed by atoms with Gasteiger partial charge in [-0.1, -0.05) is 10.3 Å². The molecule has 6 heteroatoms. The minimum absolute atomic E-state index is 0.228. The molecule has 0 radical (unpaired) electrons. The van der Waals surface area contributed by atoms with Gasteiger partial charge in [-0.2, -0.15) is 11.3 Å². The van der Waals surface area contributed by atoms with Crippen molar-refractivity contribution in [3.05, 3.63) is 39.9 Å². The lowest BCUT2D eigenvalue weighted by Gasteiger charge is -1.97. The van der Waals surface area contributed by atoms with Gasteiger partial charge in [0.15, 0.2) is 18.2 Å². The molecule has 0 saturated carbocycles. The molecule has 2 aromatic rings. The summed E-state index contributed by atoms with van der Waals surface area (Å²) in [7, 11) is 0. The first-order valence-electron chi connectivity index (χ1n) is 4.66. The fourth-order valence-electron chi connectivity index (χ4n) is 1.11. The smallest absolute Gasteiger partial charge is 0.177 e. The van der Waals surface area contributed by atoms with Crippen LogP contribution in [0.25, 0.3) is 0 Å². The predicted octanol–water partition coefficient (Wildman–Crippen LogP) is 1.88. The lowest BCUT2D eigenvalue weighted by Crippen LogP contribution is -2.12. The van der Waals surface area contributed by atoms with E-state index in [2.05, 4.69) is 10.3 Å². The lowest BCUT2D eigenvalue weighted by atomic mass is 10.3. The Kier molecular flexibility index (Phi) is 3.21. The highest BCUT2D eigenvalue weighted by atomic mass is 32.1. The molecular weight excluding hydrogens is 226 g/mol. The molecule has 0 fully saturated rings. The first-order chi connectivity index (χ1) is 7.75. The van der Waals surface area contributed by atoms with Crippen LogP contribution in [-0.2, 0) is 11.4 Å². The van der Waals surface area contributed by atoms with Crippen LogP contribution in [0.4, 0.5) is 0 Å². The number of rotatable bonds is 4. The van der Waals surface area contributed by atoms with E-state index in [1.807, 2.05) is 23.8 Å². The van der Waals surface area contributed by atoms with Crippen molar-refractivity contribution < 1.29 is 9.36 Å². The molecule has 0 atom stereocenters. The molecule has 2 aromatic heterocycles. The average Bonchev–Trinajstić information content (AvgIpc) is 2.89. The van der Waals surface area contributed by atoms with Crippen molar-refractivity contribution in [1.82, 2.24) is 5.16 Å². The zero-order valence-corrected chi connectivity index (χ0v) is 9.53. The zero-order chi connectivity index (χ0) is 11.4. The Hall–Kier alpha value is -1.82.